The van der Waals surface area contributed by atoms with E-state index in [1.165, 1.54) is 5.39 Å². The van der Waals surface area contributed by atoms with E-state index in [0.29, 0.717) is 6.54 Å². The zero-order chi connectivity index (χ0) is 14.1. The minimum Gasteiger partial charge on any atom is -0.302 e. The van der Waals surface area contributed by atoms with E-state index >= 15 is 0 Å². The maximum absolute atomic E-state index is 12.5. The molecule has 2 nitrogen and oxygen atoms in total. The van der Waals surface area contributed by atoms with Gasteiger partial charge >= 0.3 is 0 Å². The lowest BCUT2D eigenvalue weighted by Crippen LogP contribution is -2.21. The third-order valence-electron chi connectivity index (χ3n) is 3.53. The Balaban J connectivity index is 2.32. The second-order valence-electron chi connectivity index (χ2n) is 5.35. The summed E-state index contributed by atoms with van der Waals surface area (Å²) in [7, 11) is 3.84. The Morgan fingerprint density at radius 3 is 2.20 bits per heavy atom. The van der Waals surface area contributed by atoms with E-state index in [9.17, 15) is 4.79 Å². The number of nitrogens with zero attached hydrogens (tertiary/aromatic N) is 1. The molecule has 0 heterocycles. The number of hydrogen-bond donors (Lipinski definition) is 0. The molecule has 0 atom stereocenters. The van der Waals surface area contributed by atoms with Gasteiger partial charge < -0.3 is 4.90 Å². The highest BCUT2D eigenvalue weighted by molar-refractivity contribution is 6.18. The topological polar surface area (TPSA) is 20.3 Å². The van der Waals surface area contributed by atoms with Crippen molar-refractivity contribution in [2.45, 2.75) is 0 Å². The van der Waals surface area contributed by atoms with Crippen LogP contribution in [0.15, 0.2) is 54.6 Å². The van der Waals surface area contributed by atoms with Crippen molar-refractivity contribution in [1.29, 1.82) is 0 Å². The van der Waals surface area contributed by atoms with Crippen LogP contribution in [0.25, 0.3) is 21.5 Å². The minimum atomic E-state index is 0.164. The second-order valence-corrected chi connectivity index (χ2v) is 5.35. The first-order chi connectivity index (χ1) is 9.66. The van der Waals surface area contributed by atoms with E-state index in [4.69, 9.17) is 0 Å². The van der Waals surface area contributed by atoms with Crippen LogP contribution in [0.5, 0.6) is 0 Å². The van der Waals surface area contributed by atoms with Crippen LogP contribution >= 0.6 is 0 Å². The third-order valence-corrected chi connectivity index (χ3v) is 3.53. The van der Waals surface area contributed by atoms with Gasteiger partial charge in [-0.15, -0.1) is 0 Å². The molecule has 0 fully saturated rings. The van der Waals surface area contributed by atoms with Gasteiger partial charge in [-0.3, -0.25) is 4.79 Å². The Morgan fingerprint density at radius 1 is 0.900 bits per heavy atom. The maximum atomic E-state index is 12.5. The number of ketones is 1. The van der Waals surface area contributed by atoms with Crippen molar-refractivity contribution in [1.82, 2.24) is 4.90 Å². The van der Waals surface area contributed by atoms with E-state index in [-0.39, 0.29) is 5.78 Å². The molecule has 0 saturated carbocycles. The van der Waals surface area contributed by atoms with Crippen LogP contribution in [-0.2, 0) is 0 Å². The Kier molecular flexibility index (Phi) is 3.25. The number of Topliss-reactive ketones (excluding diaryl/α,β-unsaturated/α-hetero) is 1. The summed E-state index contributed by atoms with van der Waals surface area (Å²) in [4.78, 5) is 14.4. The van der Waals surface area contributed by atoms with Gasteiger partial charge in [0.1, 0.15) is 0 Å². The van der Waals surface area contributed by atoms with Crippen molar-refractivity contribution in [2.24, 2.45) is 0 Å². The normalized spacial score (nSPS) is 11.3. The summed E-state index contributed by atoms with van der Waals surface area (Å²) in [6.45, 7) is 0.433. The minimum absolute atomic E-state index is 0.164. The van der Waals surface area contributed by atoms with Crippen molar-refractivity contribution < 1.29 is 4.79 Å². The van der Waals surface area contributed by atoms with E-state index in [2.05, 4.69) is 18.2 Å². The highest BCUT2D eigenvalue weighted by Gasteiger charge is 2.13. The fraction of sp³-hybridized carbons (Fsp3) is 0.167. The van der Waals surface area contributed by atoms with Gasteiger partial charge in [0.15, 0.2) is 5.78 Å². The molecule has 0 bridgehead atoms. The Morgan fingerprint density at radius 2 is 1.50 bits per heavy atom. The average molecular weight is 263 g/mol. The summed E-state index contributed by atoms with van der Waals surface area (Å²) in [5.41, 5.74) is 0.813. The predicted molar refractivity (Wildman–Crippen MR) is 84.3 cm³/mol. The van der Waals surface area contributed by atoms with Gasteiger partial charge in [0, 0.05) is 5.56 Å². The van der Waals surface area contributed by atoms with Gasteiger partial charge in [0.05, 0.1) is 6.54 Å². The molecule has 0 aliphatic heterocycles. The summed E-state index contributed by atoms with van der Waals surface area (Å²) >= 11 is 0. The van der Waals surface area contributed by atoms with Gasteiger partial charge in [-0.25, -0.2) is 0 Å². The summed E-state index contributed by atoms with van der Waals surface area (Å²) in [6.07, 6.45) is 0. The molecular weight excluding hydrogens is 246 g/mol. The SMILES string of the molecule is CN(C)CC(=O)c1cc2ccccc2c2ccccc12. The van der Waals surface area contributed by atoms with Crippen molar-refractivity contribution >= 4 is 27.3 Å². The number of rotatable bonds is 3. The zero-order valence-electron chi connectivity index (χ0n) is 11.8. The number of carbonyl (C=O) groups excluding carboxylic acids is 1. The first kappa shape index (κ1) is 12.8. The lowest BCUT2D eigenvalue weighted by Gasteiger charge is -2.12. The molecular formula is C18H17NO. The highest BCUT2D eigenvalue weighted by atomic mass is 16.1. The molecule has 3 aromatic rings. The monoisotopic (exact) mass is 263 g/mol. The molecule has 0 amide bonds. The predicted octanol–water partition coefficient (Wildman–Crippen LogP) is 3.74. The number of carbonyl (C=O) groups is 1. The summed E-state index contributed by atoms with van der Waals surface area (Å²) in [5, 5.41) is 4.50. The number of hydrogen-bond acceptors (Lipinski definition) is 2. The van der Waals surface area contributed by atoms with E-state index in [1.807, 2.05) is 55.4 Å². The number of benzene rings is 3. The molecule has 0 saturated heterocycles. The summed E-state index contributed by atoms with van der Waals surface area (Å²) in [6, 6.07) is 18.4. The number of fused-ring (bicyclic) bond motifs is 3. The molecule has 3 rings (SSSR count). The van der Waals surface area contributed by atoms with Crippen LogP contribution < -0.4 is 0 Å². The van der Waals surface area contributed by atoms with Crippen LogP contribution in [0.4, 0.5) is 0 Å². The third kappa shape index (κ3) is 2.19. The standard InChI is InChI=1S/C18H17NO/c1-19(2)12-18(20)17-11-13-7-3-4-8-14(13)15-9-5-6-10-16(15)17/h3-11H,12H2,1-2H3. The summed E-state index contributed by atoms with van der Waals surface area (Å²) in [5.74, 6) is 0.164. The lowest BCUT2D eigenvalue weighted by atomic mass is 9.95. The maximum Gasteiger partial charge on any atom is 0.177 e. The van der Waals surface area contributed by atoms with Crippen molar-refractivity contribution in [3.05, 3.63) is 60.2 Å². The van der Waals surface area contributed by atoms with Crippen LogP contribution in [0, 0.1) is 0 Å². The molecule has 0 aliphatic rings. The second kappa shape index (κ2) is 5.06. The van der Waals surface area contributed by atoms with Crippen LogP contribution in [0.2, 0.25) is 0 Å². The van der Waals surface area contributed by atoms with Gasteiger partial charge in [0.25, 0.3) is 0 Å². The quantitative estimate of drug-likeness (QED) is 0.530. The molecule has 0 aliphatic carbocycles. The fourth-order valence-electron chi connectivity index (χ4n) is 2.66. The van der Waals surface area contributed by atoms with Crippen molar-refractivity contribution in [2.75, 3.05) is 20.6 Å². The Bertz CT molecular complexity index is 790. The van der Waals surface area contributed by atoms with Crippen molar-refractivity contribution in [3.63, 3.8) is 0 Å². The van der Waals surface area contributed by atoms with Gasteiger partial charge in [-0.05, 0) is 41.7 Å². The zero-order valence-corrected chi connectivity index (χ0v) is 11.8. The molecule has 0 unspecified atom stereocenters. The van der Waals surface area contributed by atoms with Crippen LogP contribution in [-0.4, -0.2) is 31.3 Å². The largest absolute Gasteiger partial charge is 0.302 e. The molecule has 100 valence electrons. The molecule has 0 spiro atoms. The Labute approximate surface area is 118 Å². The molecule has 0 N–H and O–H groups in total. The van der Waals surface area contributed by atoms with Gasteiger partial charge in [-0.2, -0.15) is 0 Å². The molecule has 0 aromatic heterocycles. The Hall–Kier alpha value is -2.19. The molecule has 0 radical (unpaired) electrons. The first-order valence-corrected chi connectivity index (χ1v) is 6.75. The van der Waals surface area contributed by atoms with Crippen LogP contribution in [0.3, 0.4) is 0 Å². The first-order valence-electron chi connectivity index (χ1n) is 6.75. The van der Waals surface area contributed by atoms with E-state index < -0.39 is 0 Å². The van der Waals surface area contributed by atoms with E-state index in [1.54, 1.807) is 0 Å². The summed E-state index contributed by atoms with van der Waals surface area (Å²) < 4.78 is 0. The van der Waals surface area contributed by atoms with Crippen molar-refractivity contribution in [3.8, 4) is 0 Å². The van der Waals surface area contributed by atoms with Gasteiger partial charge in [0.2, 0.25) is 0 Å². The van der Waals surface area contributed by atoms with Crippen LogP contribution in [0.1, 0.15) is 10.4 Å². The van der Waals surface area contributed by atoms with E-state index in [0.717, 1.165) is 21.7 Å². The number of likely N-dealkylation sites (N-methyl/N-ethyl adjacent to an activating group) is 1. The lowest BCUT2D eigenvalue weighted by molar-refractivity contribution is 0.0959. The molecule has 3 aromatic carbocycles. The smallest absolute Gasteiger partial charge is 0.177 e. The fourth-order valence-corrected chi connectivity index (χ4v) is 2.66. The molecule has 20 heavy (non-hydrogen) atoms. The van der Waals surface area contributed by atoms with Gasteiger partial charge in [-0.1, -0.05) is 48.5 Å². The molecule has 2 heteroatoms. The highest BCUT2D eigenvalue weighted by Crippen LogP contribution is 2.28. The average Bonchev–Trinajstić information content (AvgIpc) is 2.45.